The SMILES string of the molecule is COc1ccc(Br)cc1CC(N)c1cnc(C)cn1. The number of aryl methyl sites for hydroxylation is 1. The molecule has 0 saturated heterocycles. The topological polar surface area (TPSA) is 61.0 Å². The van der Waals surface area contributed by atoms with Crippen LogP contribution in [-0.4, -0.2) is 17.1 Å². The Kier molecular flexibility index (Phi) is 4.50. The summed E-state index contributed by atoms with van der Waals surface area (Å²) in [7, 11) is 1.66. The fourth-order valence-corrected chi connectivity index (χ4v) is 2.25. The minimum absolute atomic E-state index is 0.198. The molecule has 0 amide bonds. The fourth-order valence-electron chi connectivity index (χ4n) is 1.84. The quantitative estimate of drug-likeness (QED) is 0.940. The molecule has 0 bridgehead atoms. The van der Waals surface area contributed by atoms with Crippen LogP contribution in [0, 0.1) is 6.92 Å². The molecule has 4 nitrogen and oxygen atoms in total. The molecule has 0 aliphatic carbocycles. The zero-order chi connectivity index (χ0) is 13.8. The van der Waals surface area contributed by atoms with E-state index in [9.17, 15) is 0 Å². The number of benzene rings is 1. The van der Waals surface area contributed by atoms with E-state index in [1.165, 1.54) is 0 Å². The summed E-state index contributed by atoms with van der Waals surface area (Å²) in [4.78, 5) is 8.53. The summed E-state index contributed by atoms with van der Waals surface area (Å²) in [6.07, 6.45) is 4.11. The summed E-state index contributed by atoms with van der Waals surface area (Å²) < 4.78 is 6.35. The van der Waals surface area contributed by atoms with Crippen molar-refractivity contribution in [3.8, 4) is 5.75 Å². The first-order valence-corrected chi connectivity index (χ1v) is 6.76. The van der Waals surface area contributed by atoms with E-state index in [0.717, 1.165) is 27.2 Å². The van der Waals surface area contributed by atoms with E-state index in [1.54, 1.807) is 19.5 Å². The van der Waals surface area contributed by atoms with E-state index in [1.807, 2.05) is 25.1 Å². The highest BCUT2D eigenvalue weighted by atomic mass is 79.9. The smallest absolute Gasteiger partial charge is 0.122 e. The highest BCUT2D eigenvalue weighted by Gasteiger charge is 2.12. The van der Waals surface area contributed by atoms with Gasteiger partial charge in [0.1, 0.15) is 5.75 Å². The van der Waals surface area contributed by atoms with Crippen molar-refractivity contribution in [1.29, 1.82) is 0 Å². The Labute approximate surface area is 121 Å². The first kappa shape index (κ1) is 14.0. The second kappa shape index (κ2) is 6.12. The first-order chi connectivity index (χ1) is 9.10. The molecule has 0 aliphatic rings. The van der Waals surface area contributed by atoms with Gasteiger partial charge in [-0.1, -0.05) is 15.9 Å². The molecule has 100 valence electrons. The maximum absolute atomic E-state index is 6.18. The third-order valence-corrected chi connectivity index (χ3v) is 3.36. The molecule has 0 saturated carbocycles. The molecule has 2 rings (SSSR count). The molecule has 0 spiro atoms. The molecule has 19 heavy (non-hydrogen) atoms. The lowest BCUT2D eigenvalue weighted by Crippen LogP contribution is -2.16. The van der Waals surface area contributed by atoms with E-state index in [2.05, 4.69) is 25.9 Å². The number of methoxy groups -OCH3 is 1. The number of nitrogens with two attached hydrogens (primary N) is 1. The monoisotopic (exact) mass is 321 g/mol. The molecule has 1 atom stereocenters. The van der Waals surface area contributed by atoms with Crippen LogP contribution in [0.5, 0.6) is 5.75 Å². The summed E-state index contributed by atoms with van der Waals surface area (Å²) >= 11 is 3.46. The highest BCUT2D eigenvalue weighted by molar-refractivity contribution is 9.10. The van der Waals surface area contributed by atoms with Crippen LogP contribution in [-0.2, 0) is 6.42 Å². The van der Waals surface area contributed by atoms with E-state index in [4.69, 9.17) is 10.5 Å². The maximum atomic E-state index is 6.18. The molecule has 2 aromatic rings. The Bertz CT molecular complexity index is 557. The van der Waals surface area contributed by atoms with Gasteiger partial charge in [0.2, 0.25) is 0 Å². The zero-order valence-corrected chi connectivity index (χ0v) is 12.5. The van der Waals surface area contributed by atoms with Gasteiger partial charge in [-0.3, -0.25) is 9.97 Å². The molecule has 0 radical (unpaired) electrons. The third kappa shape index (κ3) is 3.52. The summed E-state index contributed by atoms with van der Waals surface area (Å²) in [5.41, 5.74) is 8.90. The van der Waals surface area contributed by atoms with Crippen LogP contribution < -0.4 is 10.5 Å². The molecule has 1 aromatic carbocycles. The Hall–Kier alpha value is -1.46. The molecule has 0 fully saturated rings. The van der Waals surface area contributed by atoms with Crippen LogP contribution >= 0.6 is 15.9 Å². The van der Waals surface area contributed by atoms with Gasteiger partial charge in [0.05, 0.1) is 30.7 Å². The Morgan fingerprint density at radius 2 is 2.11 bits per heavy atom. The molecule has 2 N–H and O–H groups in total. The molecule has 5 heteroatoms. The highest BCUT2D eigenvalue weighted by Crippen LogP contribution is 2.26. The summed E-state index contributed by atoms with van der Waals surface area (Å²) in [5, 5.41) is 0. The Morgan fingerprint density at radius 1 is 1.32 bits per heavy atom. The Balaban J connectivity index is 2.20. The van der Waals surface area contributed by atoms with E-state index >= 15 is 0 Å². The van der Waals surface area contributed by atoms with E-state index in [0.29, 0.717) is 6.42 Å². The largest absolute Gasteiger partial charge is 0.496 e. The van der Waals surface area contributed by atoms with Crippen molar-refractivity contribution in [3.63, 3.8) is 0 Å². The van der Waals surface area contributed by atoms with Crippen LogP contribution in [0.4, 0.5) is 0 Å². The maximum Gasteiger partial charge on any atom is 0.122 e. The lowest BCUT2D eigenvalue weighted by atomic mass is 10.0. The minimum atomic E-state index is -0.198. The van der Waals surface area contributed by atoms with Gasteiger partial charge >= 0.3 is 0 Å². The lowest BCUT2D eigenvalue weighted by molar-refractivity contribution is 0.408. The van der Waals surface area contributed by atoms with Gasteiger partial charge < -0.3 is 10.5 Å². The van der Waals surface area contributed by atoms with Crippen molar-refractivity contribution in [3.05, 3.63) is 52.0 Å². The van der Waals surface area contributed by atoms with Crippen LogP contribution in [0.2, 0.25) is 0 Å². The average Bonchev–Trinajstić information content (AvgIpc) is 2.39. The third-order valence-electron chi connectivity index (χ3n) is 2.86. The molecule has 1 aromatic heterocycles. The van der Waals surface area contributed by atoms with Crippen molar-refractivity contribution in [2.24, 2.45) is 5.73 Å². The number of hydrogen-bond donors (Lipinski definition) is 1. The predicted molar refractivity (Wildman–Crippen MR) is 78.1 cm³/mol. The number of nitrogens with zero attached hydrogens (tertiary/aromatic N) is 2. The van der Waals surface area contributed by atoms with Crippen LogP contribution in [0.3, 0.4) is 0 Å². The van der Waals surface area contributed by atoms with Crippen LogP contribution in [0.15, 0.2) is 35.1 Å². The predicted octanol–water partition coefficient (Wildman–Crippen LogP) is 2.80. The van der Waals surface area contributed by atoms with Crippen molar-refractivity contribution < 1.29 is 4.74 Å². The zero-order valence-electron chi connectivity index (χ0n) is 10.9. The van der Waals surface area contributed by atoms with Gasteiger partial charge in [-0.15, -0.1) is 0 Å². The summed E-state index contributed by atoms with van der Waals surface area (Å²) in [5.74, 6) is 0.832. The fraction of sp³-hybridized carbons (Fsp3) is 0.286. The second-order valence-corrected chi connectivity index (χ2v) is 5.27. The first-order valence-electron chi connectivity index (χ1n) is 5.96. The van der Waals surface area contributed by atoms with Gasteiger partial charge in [-0.25, -0.2) is 0 Å². The molecule has 1 unspecified atom stereocenters. The molecular formula is C14H16BrN3O. The van der Waals surface area contributed by atoms with Gasteiger partial charge in [0.25, 0.3) is 0 Å². The van der Waals surface area contributed by atoms with Crippen molar-refractivity contribution in [2.75, 3.05) is 7.11 Å². The van der Waals surface area contributed by atoms with E-state index < -0.39 is 0 Å². The van der Waals surface area contributed by atoms with Crippen molar-refractivity contribution in [2.45, 2.75) is 19.4 Å². The van der Waals surface area contributed by atoms with Gasteiger partial charge in [-0.05, 0) is 37.1 Å². The molecular weight excluding hydrogens is 306 g/mol. The number of ether oxygens (including phenoxy) is 1. The van der Waals surface area contributed by atoms with Gasteiger partial charge in [0.15, 0.2) is 0 Å². The standard InChI is InChI=1S/C14H16BrN3O/c1-9-7-18-13(8-17-9)12(16)6-10-5-11(15)3-4-14(10)19-2/h3-5,7-8,12H,6,16H2,1-2H3. The summed E-state index contributed by atoms with van der Waals surface area (Å²) in [6.45, 7) is 1.90. The van der Waals surface area contributed by atoms with Crippen LogP contribution in [0.25, 0.3) is 0 Å². The normalized spacial score (nSPS) is 12.2. The minimum Gasteiger partial charge on any atom is -0.496 e. The number of aromatic nitrogens is 2. The van der Waals surface area contributed by atoms with Gasteiger partial charge in [-0.2, -0.15) is 0 Å². The number of rotatable bonds is 4. The lowest BCUT2D eigenvalue weighted by Gasteiger charge is -2.14. The van der Waals surface area contributed by atoms with E-state index in [-0.39, 0.29) is 6.04 Å². The molecule has 0 aliphatic heterocycles. The average molecular weight is 322 g/mol. The van der Waals surface area contributed by atoms with Crippen LogP contribution in [0.1, 0.15) is 23.0 Å². The van der Waals surface area contributed by atoms with Crippen molar-refractivity contribution >= 4 is 15.9 Å². The second-order valence-electron chi connectivity index (χ2n) is 4.35. The molecule has 1 heterocycles. The number of halogens is 1. The van der Waals surface area contributed by atoms with Crippen molar-refractivity contribution in [1.82, 2.24) is 9.97 Å². The van der Waals surface area contributed by atoms with Gasteiger partial charge in [0, 0.05) is 10.7 Å². The Morgan fingerprint density at radius 3 is 2.74 bits per heavy atom. The number of hydrogen-bond acceptors (Lipinski definition) is 4. The summed E-state index contributed by atoms with van der Waals surface area (Å²) in [6, 6.07) is 5.68.